The summed E-state index contributed by atoms with van der Waals surface area (Å²) >= 11 is 1.76. The van der Waals surface area contributed by atoms with Crippen molar-refractivity contribution in [2.24, 2.45) is 23.7 Å². The van der Waals surface area contributed by atoms with E-state index in [2.05, 4.69) is 51.5 Å². The maximum Gasteiger partial charge on any atom is 0.180 e. The molecule has 0 saturated heterocycles. The number of aromatic nitrogens is 2. The van der Waals surface area contributed by atoms with E-state index in [0.29, 0.717) is 11.8 Å². The predicted octanol–water partition coefficient (Wildman–Crippen LogP) is 5.49. The molecular weight excluding hydrogens is 292 g/mol. The van der Waals surface area contributed by atoms with E-state index in [0.717, 1.165) is 30.4 Å². The summed E-state index contributed by atoms with van der Waals surface area (Å²) in [5.74, 6) is 2.91. The van der Waals surface area contributed by atoms with Gasteiger partial charge in [-0.3, -0.25) is 0 Å². The van der Waals surface area contributed by atoms with Crippen molar-refractivity contribution in [3.05, 3.63) is 34.9 Å². The monoisotopic (exact) mass is 322 g/mol. The number of nitrogens with zero attached hydrogens (tertiary/aromatic N) is 2. The molecule has 2 rings (SSSR count). The summed E-state index contributed by atoms with van der Waals surface area (Å²) in [4.78, 5) is 8.33. The maximum absolute atomic E-state index is 4.88. The second kappa shape index (κ2) is 9.78. The minimum absolute atomic E-state index is 0.681. The number of thiazole rings is 1. The van der Waals surface area contributed by atoms with E-state index in [-0.39, 0.29) is 0 Å². The summed E-state index contributed by atoms with van der Waals surface area (Å²) in [5.41, 5.74) is 1.06. The molecule has 0 aliphatic heterocycles. The summed E-state index contributed by atoms with van der Waals surface area (Å²) in [5, 5.41) is 3.31. The molecule has 2 heterocycles. The normalized spacial score (nSPS) is 13.8. The first-order valence-electron chi connectivity index (χ1n) is 8.15. The number of rotatable bonds is 6. The van der Waals surface area contributed by atoms with E-state index in [1.165, 1.54) is 11.4 Å². The zero-order chi connectivity index (χ0) is 16.5. The average molecular weight is 323 g/mol. The number of hydrogen-bond donors (Lipinski definition) is 0. The summed E-state index contributed by atoms with van der Waals surface area (Å²) in [6.45, 7) is 13.5. The van der Waals surface area contributed by atoms with Crippen LogP contribution in [0.2, 0.25) is 0 Å². The molecule has 2 atom stereocenters. The van der Waals surface area contributed by atoms with Crippen LogP contribution in [-0.4, -0.2) is 9.97 Å². The quantitative estimate of drug-likeness (QED) is 0.706. The molecule has 0 aliphatic carbocycles. The zero-order valence-corrected chi connectivity index (χ0v) is 15.6. The first-order valence-corrected chi connectivity index (χ1v) is 9.03. The number of oxazole rings is 1. The summed E-state index contributed by atoms with van der Waals surface area (Å²) in [6, 6.07) is 0. The Hall–Kier alpha value is -1.16. The first-order chi connectivity index (χ1) is 10.4. The Morgan fingerprint density at radius 1 is 0.955 bits per heavy atom. The van der Waals surface area contributed by atoms with Crippen LogP contribution in [0.3, 0.4) is 0 Å². The van der Waals surface area contributed by atoms with E-state index in [4.69, 9.17) is 4.42 Å². The Morgan fingerprint density at radius 3 is 2.05 bits per heavy atom. The molecule has 0 amide bonds. The minimum Gasteiger partial charge on any atom is -0.451 e. The Balaban J connectivity index is 0.000000220. The highest BCUT2D eigenvalue weighted by Crippen LogP contribution is 2.17. The lowest BCUT2D eigenvalue weighted by Crippen LogP contribution is -2.07. The third-order valence-electron chi connectivity index (χ3n) is 4.27. The van der Waals surface area contributed by atoms with E-state index in [9.17, 15) is 0 Å². The van der Waals surface area contributed by atoms with Crippen LogP contribution in [0.4, 0.5) is 0 Å². The molecule has 0 aromatic carbocycles. The van der Waals surface area contributed by atoms with Crippen molar-refractivity contribution in [2.45, 2.75) is 54.4 Å². The average Bonchev–Trinajstić information content (AvgIpc) is 3.12. The van der Waals surface area contributed by atoms with Gasteiger partial charge in [-0.2, -0.15) is 0 Å². The fraction of sp³-hybridized carbons (Fsp3) is 0.667. The van der Waals surface area contributed by atoms with Gasteiger partial charge < -0.3 is 4.42 Å². The van der Waals surface area contributed by atoms with Crippen molar-refractivity contribution >= 4 is 11.3 Å². The van der Waals surface area contributed by atoms with Crippen LogP contribution in [-0.2, 0) is 12.8 Å². The van der Waals surface area contributed by atoms with Crippen molar-refractivity contribution in [1.82, 2.24) is 9.97 Å². The second-order valence-corrected chi connectivity index (χ2v) is 7.74. The molecule has 0 fully saturated rings. The highest BCUT2D eigenvalue weighted by atomic mass is 32.1. The van der Waals surface area contributed by atoms with Crippen molar-refractivity contribution in [1.29, 1.82) is 0 Å². The molecule has 0 N–H and O–H groups in total. The van der Waals surface area contributed by atoms with Gasteiger partial charge in [-0.05, 0) is 30.1 Å². The maximum atomic E-state index is 4.88. The Morgan fingerprint density at radius 2 is 1.59 bits per heavy atom. The van der Waals surface area contributed by atoms with Crippen LogP contribution in [0, 0.1) is 23.7 Å². The van der Waals surface area contributed by atoms with Gasteiger partial charge in [0.05, 0.1) is 10.7 Å². The molecule has 2 aromatic heterocycles. The van der Waals surface area contributed by atoms with Gasteiger partial charge in [0.25, 0.3) is 0 Å². The van der Waals surface area contributed by atoms with Crippen LogP contribution in [0.25, 0.3) is 0 Å². The molecular formula is C18H30N2OS. The van der Waals surface area contributed by atoms with Gasteiger partial charge >= 0.3 is 0 Å². The molecule has 22 heavy (non-hydrogen) atoms. The van der Waals surface area contributed by atoms with E-state index in [1.807, 2.05) is 11.6 Å². The van der Waals surface area contributed by atoms with Gasteiger partial charge in [0.1, 0.15) is 6.26 Å². The van der Waals surface area contributed by atoms with Crippen LogP contribution in [0.1, 0.15) is 52.2 Å². The van der Waals surface area contributed by atoms with Crippen LogP contribution >= 0.6 is 11.3 Å². The topological polar surface area (TPSA) is 38.9 Å². The summed E-state index contributed by atoms with van der Waals surface area (Å²) in [7, 11) is 0. The molecule has 0 bridgehead atoms. The van der Waals surface area contributed by atoms with E-state index >= 15 is 0 Å². The lowest BCUT2D eigenvalue weighted by molar-refractivity contribution is 0.413. The summed E-state index contributed by atoms with van der Waals surface area (Å²) in [6.07, 6.45) is 7.25. The van der Waals surface area contributed by atoms with Gasteiger partial charge in [-0.15, -0.1) is 11.3 Å². The molecule has 4 heteroatoms. The minimum atomic E-state index is 0.681. The number of hydrogen-bond acceptors (Lipinski definition) is 4. The van der Waals surface area contributed by atoms with Crippen LogP contribution < -0.4 is 0 Å². The SMILES string of the molecule is CC(C)C(C)Cc1cocn1.CC(C)C(C)Cc1nccs1. The van der Waals surface area contributed by atoms with Gasteiger partial charge in [0, 0.05) is 18.0 Å². The van der Waals surface area contributed by atoms with Crippen LogP contribution in [0.5, 0.6) is 0 Å². The molecule has 2 unspecified atom stereocenters. The molecule has 3 nitrogen and oxygen atoms in total. The third-order valence-corrected chi connectivity index (χ3v) is 5.07. The van der Waals surface area contributed by atoms with Gasteiger partial charge in [0.2, 0.25) is 0 Å². The molecule has 124 valence electrons. The fourth-order valence-electron chi connectivity index (χ4n) is 1.77. The molecule has 0 spiro atoms. The Kier molecular flexibility index (Phi) is 8.39. The predicted molar refractivity (Wildman–Crippen MR) is 94.0 cm³/mol. The van der Waals surface area contributed by atoms with Crippen molar-refractivity contribution < 1.29 is 4.42 Å². The summed E-state index contributed by atoms with van der Waals surface area (Å²) < 4.78 is 4.88. The van der Waals surface area contributed by atoms with E-state index in [1.54, 1.807) is 17.6 Å². The van der Waals surface area contributed by atoms with Crippen molar-refractivity contribution in [3.63, 3.8) is 0 Å². The van der Waals surface area contributed by atoms with Crippen molar-refractivity contribution in [3.8, 4) is 0 Å². The van der Waals surface area contributed by atoms with Crippen molar-refractivity contribution in [2.75, 3.05) is 0 Å². The van der Waals surface area contributed by atoms with Gasteiger partial charge in [-0.25, -0.2) is 9.97 Å². The lowest BCUT2D eigenvalue weighted by atomic mass is 9.94. The smallest absolute Gasteiger partial charge is 0.180 e. The van der Waals surface area contributed by atoms with Gasteiger partial charge in [0.15, 0.2) is 6.39 Å². The standard InChI is InChI=1S/C9H15NO.C9H15NS/c1-7(2)8(3)4-9-5-11-6-10-9;1-7(2)8(3)6-9-10-4-5-11-9/h5-8H,4H2,1-3H3;4-5,7-8H,6H2,1-3H3. The zero-order valence-electron chi connectivity index (χ0n) is 14.7. The van der Waals surface area contributed by atoms with E-state index < -0.39 is 0 Å². The molecule has 0 aliphatic rings. The van der Waals surface area contributed by atoms with Gasteiger partial charge in [-0.1, -0.05) is 41.5 Å². The fourth-order valence-corrected chi connectivity index (χ4v) is 2.53. The lowest BCUT2D eigenvalue weighted by Gasteiger charge is -2.12. The highest BCUT2D eigenvalue weighted by molar-refractivity contribution is 7.09. The Bertz CT molecular complexity index is 431. The highest BCUT2D eigenvalue weighted by Gasteiger charge is 2.09. The first kappa shape index (κ1) is 18.9. The molecule has 0 radical (unpaired) electrons. The third kappa shape index (κ3) is 7.21. The molecule has 0 saturated carbocycles. The Labute approximate surface area is 139 Å². The van der Waals surface area contributed by atoms with Crippen LogP contribution in [0.15, 0.2) is 28.7 Å². The second-order valence-electron chi connectivity index (χ2n) is 6.76. The largest absolute Gasteiger partial charge is 0.451 e. The molecule has 2 aromatic rings.